The third kappa shape index (κ3) is 4.54. The van der Waals surface area contributed by atoms with Crippen molar-refractivity contribution in [3.63, 3.8) is 0 Å². The summed E-state index contributed by atoms with van der Waals surface area (Å²) in [6, 6.07) is 16.3. The summed E-state index contributed by atoms with van der Waals surface area (Å²) < 4.78 is 1.07. The number of alkyl halides is 1. The molecule has 2 rings (SSSR count). The zero-order valence-electron chi connectivity index (χ0n) is 11.0. The predicted molar refractivity (Wildman–Crippen MR) is 84.6 cm³/mol. The first-order valence-corrected chi connectivity index (χ1v) is 7.65. The minimum absolute atomic E-state index is 0. The molecule has 1 N–H and O–H groups in total. The fraction of sp³-hybridized carbons (Fsp3) is 0.250. The maximum absolute atomic E-state index is 10.1. The molecule has 2 aromatic rings. The summed E-state index contributed by atoms with van der Waals surface area (Å²) in [7, 11) is 0. The van der Waals surface area contributed by atoms with Crippen LogP contribution in [0.25, 0.3) is 0 Å². The Morgan fingerprint density at radius 1 is 1.11 bits per heavy atom. The van der Waals surface area contributed by atoms with Crippen LogP contribution in [0, 0.1) is 6.92 Å². The Kier molecular flexibility index (Phi) is 7.55. The van der Waals surface area contributed by atoms with Crippen LogP contribution < -0.4 is 0 Å². The van der Waals surface area contributed by atoms with E-state index in [-0.39, 0.29) is 38.6 Å². The van der Waals surface area contributed by atoms with Gasteiger partial charge in [0, 0.05) is 48.6 Å². The minimum Gasteiger partial charge on any atom is -0.508 e. The van der Waals surface area contributed by atoms with Crippen molar-refractivity contribution < 1.29 is 37.8 Å². The molecule has 0 amide bonds. The number of hydrogen-bond donors (Lipinski definition) is 1. The van der Waals surface area contributed by atoms with Gasteiger partial charge in [0.2, 0.25) is 0 Å². The number of halogens is 1. The monoisotopic (exact) mass is 441 g/mol. The van der Waals surface area contributed by atoms with Crippen LogP contribution in [0.3, 0.4) is 0 Å². The SMILES string of the molecule is Cc1ccc(O)c(C(CCI)c2ccccc2)c1.[Y]. The molecule has 0 bridgehead atoms. The normalized spacial score (nSPS) is 11.7. The second-order valence-corrected chi connectivity index (χ2v) is 5.58. The zero-order chi connectivity index (χ0) is 13.0. The first kappa shape index (κ1) is 17.1. The Morgan fingerprint density at radius 3 is 2.42 bits per heavy atom. The molecule has 0 aromatic heterocycles. The molecule has 0 aliphatic carbocycles. The fourth-order valence-corrected chi connectivity index (χ4v) is 2.87. The van der Waals surface area contributed by atoms with E-state index in [0.29, 0.717) is 5.75 Å². The molecule has 1 atom stereocenters. The summed E-state index contributed by atoms with van der Waals surface area (Å²) in [5.41, 5.74) is 3.50. The Labute approximate surface area is 153 Å². The van der Waals surface area contributed by atoms with Gasteiger partial charge in [0.1, 0.15) is 5.75 Å². The van der Waals surface area contributed by atoms with Gasteiger partial charge in [-0.05, 0) is 25.0 Å². The van der Waals surface area contributed by atoms with Crippen LogP contribution in [0.15, 0.2) is 48.5 Å². The van der Waals surface area contributed by atoms with E-state index in [1.165, 1.54) is 11.1 Å². The van der Waals surface area contributed by atoms with Gasteiger partial charge in [-0.25, -0.2) is 0 Å². The van der Waals surface area contributed by atoms with E-state index in [9.17, 15) is 5.11 Å². The average molecular weight is 441 g/mol. The van der Waals surface area contributed by atoms with Gasteiger partial charge < -0.3 is 5.11 Å². The van der Waals surface area contributed by atoms with Crippen molar-refractivity contribution in [1.29, 1.82) is 0 Å². The molecule has 1 radical (unpaired) electrons. The molecule has 0 heterocycles. The molecule has 3 heteroatoms. The minimum atomic E-state index is 0. The van der Waals surface area contributed by atoms with Crippen molar-refractivity contribution in [3.05, 3.63) is 65.2 Å². The number of phenols is 1. The van der Waals surface area contributed by atoms with Crippen molar-refractivity contribution >= 4 is 22.6 Å². The number of aromatic hydroxyl groups is 1. The van der Waals surface area contributed by atoms with Crippen molar-refractivity contribution in [2.75, 3.05) is 4.43 Å². The van der Waals surface area contributed by atoms with Gasteiger partial charge in [-0.3, -0.25) is 0 Å². The summed E-state index contributed by atoms with van der Waals surface area (Å²) >= 11 is 2.39. The third-order valence-corrected chi connectivity index (χ3v) is 3.78. The molecule has 2 aromatic carbocycles. The van der Waals surface area contributed by atoms with Crippen molar-refractivity contribution in [1.82, 2.24) is 0 Å². The molecule has 0 fully saturated rings. The van der Waals surface area contributed by atoms with E-state index in [4.69, 9.17) is 0 Å². The second-order valence-electron chi connectivity index (χ2n) is 4.50. The number of aryl methyl sites for hydroxylation is 1. The number of phenolic OH excluding ortho intramolecular Hbond substituents is 1. The van der Waals surface area contributed by atoms with Crippen LogP contribution in [0.2, 0.25) is 0 Å². The van der Waals surface area contributed by atoms with E-state index in [1.807, 2.05) is 12.1 Å². The summed E-state index contributed by atoms with van der Waals surface area (Å²) in [5.74, 6) is 0.683. The molecule has 1 unspecified atom stereocenters. The van der Waals surface area contributed by atoms with E-state index in [2.05, 4.69) is 59.8 Å². The Balaban J connectivity index is 0.00000180. The number of benzene rings is 2. The Morgan fingerprint density at radius 2 is 1.79 bits per heavy atom. The topological polar surface area (TPSA) is 20.2 Å². The van der Waals surface area contributed by atoms with Crippen LogP contribution in [-0.4, -0.2) is 9.53 Å². The molecule has 19 heavy (non-hydrogen) atoms. The Hall–Kier alpha value is 0.0739. The second kappa shape index (κ2) is 8.38. The van der Waals surface area contributed by atoms with E-state index >= 15 is 0 Å². The smallest absolute Gasteiger partial charge is 0.119 e. The molecular weight excluding hydrogens is 424 g/mol. The van der Waals surface area contributed by atoms with Crippen molar-refractivity contribution in [2.24, 2.45) is 0 Å². The third-order valence-electron chi connectivity index (χ3n) is 3.16. The van der Waals surface area contributed by atoms with Crippen LogP contribution in [0.1, 0.15) is 29.0 Å². The fourth-order valence-electron chi connectivity index (χ4n) is 2.25. The summed E-state index contributed by atoms with van der Waals surface area (Å²) in [5, 5.41) is 10.1. The summed E-state index contributed by atoms with van der Waals surface area (Å²) in [6.45, 7) is 2.06. The van der Waals surface area contributed by atoms with E-state index < -0.39 is 0 Å². The van der Waals surface area contributed by atoms with Crippen molar-refractivity contribution in [2.45, 2.75) is 19.3 Å². The van der Waals surface area contributed by atoms with Gasteiger partial charge >= 0.3 is 0 Å². The first-order valence-electron chi connectivity index (χ1n) is 6.13. The maximum Gasteiger partial charge on any atom is 0.119 e. The maximum atomic E-state index is 10.1. The largest absolute Gasteiger partial charge is 0.508 e. The molecular formula is C16H17IOY. The van der Waals surface area contributed by atoms with E-state index in [1.54, 1.807) is 6.07 Å². The standard InChI is InChI=1S/C16H17IO.Y/c1-12-7-8-16(18)15(11-12)14(9-10-17)13-5-3-2-4-6-13;/h2-8,11,14,18H,9-10H2,1H3;. The first-order chi connectivity index (χ1) is 8.72. The van der Waals surface area contributed by atoms with Crippen LogP contribution in [0.4, 0.5) is 0 Å². The number of rotatable bonds is 4. The van der Waals surface area contributed by atoms with Crippen LogP contribution in [-0.2, 0) is 32.7 Å². The number of hydrogen-bond acceptors (Lipinski definition) is 1. The van der Waals surface area contributed by atoms with Crippen LogP contribution in [0.5, 0.6) is 5.75 Å². The summed E-state index contributed by atoms with van der Waals surface area (Å²) in [4.78, 5) is 0. The molecule has 1 nitrogen and oxygen atoms in total. The van der Waals surface area contributed by atoms with Gasteiger partial charge in [-0.2, -0.15) is 0 Å². The quantitative estimate of drug-likeness (QED) is 0.541. The molecule has 0 saturated heterocycles. The van der Waals surface area contributed by atoms with Gasteiger partial charge in [0.15, 0.2) is 0 Å². The summed E-state index contributed by atoms with van der Waals surface area (Å²) in [6.07, 6.45) is 1.04. The predicted octanol–water partition coefficient (Wildman–Crippen LogP) is 4.66. The van der Waals surface area contributed by atoms with Gasteiger partial charge in [-0.1, -0.05) is 70.6 Å². The molecule has 0 aliphatic heterocycles. The van der Waals surface area contributed by atoms with Crippen molar-refractivity contribution in [3.8, 4) is 5.75 Å². The van der Waals surface area contributed by atoms with Gasteiger partial charge in [-0.15, -0.1) is 0 Å². The van der Waals surface area contributed by atoms with Gasteiger partial charge in [0.05, 0.1) is 0 Å². The molecule has 0 aliphatic rings. The zero-order valence-corrected chi connectivity index (χ0v) is 16.0. The Bertz CT molecular complexity index is 513. The van der Waals surface area contributed by atoms with E-state index in [0.717, 1.165) is 16.4 Å². The average Bonchev–Trinajstić information content (AvgIpc) is 2.40. The van der Waals surface area contributed by atoms with Gasteiger partial charge in [0.25, 0.3) is 0 Å². The van der Waals surface area contributed by atoms with Crippen LogP contribution >= 0.6 is 22.6 Å². The molecule has 0 spiro atoms. The molecule has 97 valence electrons. The molecule has 0 saturated carbocycles.